The summed E-state index contributed by atoms with van der Waals surface area (Å²) in [6.45, 7) is 2.82. The number of carbonyl (C=O) groups is 2. The van der Waals surface area contributed by atoms with Crippen molar-refractivity contribution in [1.29, 1.82) is 0 Å². The Balaban J connectivity index is 1.23. The molecule has 5 rings (SSSR count). The third-order valence-corrected chi connectivity index (χ3v) is 7.70. The van der Waals surface area contributed by atoms with Gasteiger partial charge in [-0.2, -0.15) is 0 Å². The Kier molecular flexibility index (Phi) is 5.66. The van der Waals surface area contributed by atoms with Crippen molar-refractivity contribution in [3.05, 3.63) is 23.9 Å². The van der Waals surface area contributed by atoms with Gasteiger partial charge < -0.3 is 15.1 Å². The number of hydrogen-bond donors (Lipinski definition) is 1. The number of nitrogens with zero attached hydrogens (tertiary/aromatic N) is 3. The maximum atomic E-state index is 12.7. The minimum Gasteiger partial charge on any atom is -0.356 e. The fourth-order valence-electron chi connectivity index (χ4n) is 6.20. The van der Waals surface area contributed by atoms with Crippen molar-refractivity contribution in [2.45, 2.75) is 76.3 Å². The van der Waals surface area contributed by atoms with Crippen LogP contribution in [0.15, 0.2) is 18.3 Å². The standard InChI is InChI=1S/C24H34N4O2/c29-23-9-5-8-21-19-12-17(15-28(21)23)14-27(16-19)22-11-10-18(13-25-22)24(30)26-20-6-3-1-2-4-7-20/h10-11,13,17,19-21H,1-9,12,14-16H2,(H,26,30)/t17-,19-,21-/m1/s1. The van der Waals surface area contributed by atoms with Crippen LogP contribution in [-0.2, 0) is 4.79 Å². The fourth-order valence-corrected chi connectivity index (χ4v) is 6.20. The Morgan fingerprint density at radius 2 is 1.83 bits per heavy atom. The second-order valence-corrected chi connectivity index (χ2v) is 9.84. The first-order valence-corrected chi connectivity index (χ1v) is 12.0. The first-order chi connectivity index (χ1) is 14.7. The van der Waals surface area contributed by atoms with Gasteiger partial charge >= 0.3 is 0 Å². The molecule has 4 fully saturated rings. The quantitative estimate of drug-likeness (QED) is 0.776. The van der Waals surface area contributed by atoms with E-state index >= 15 is 0 Å². The van der Waals surface area contributed by atoms with E-state index in [-0.39, 0.29) is 5.91 Å². The number of carbonyl (C=O) groups excluding carboxylic acids is 2. The van der Waals surface area contributed by atoms with Crippen molar-refractivity contribution in [1.82, 2.24) is 15.2 Å². The minimum atomic E-state index is 0.00724. The molecule has 1 N–H and O–H groups in total. The number of piperidine rings is 3. The monoisotopic (exact) mass is 410 g/mol. The zero-order chi connectivity index (χ0) is 20.5. The van der Waals surface area contributed by atoms with Crippen LogP contribution in [0.1, 0.15) is 74.6 Å². The number of fused-ring (bicyclic) bond motifs is 4. The molecule has 0 spiro atoms. The summed E-state index contributed by atoms with van der Waals surface area (Å²) in [5.74, 6) is 2.40. The van der Waals surface area contributed by atoms with Crippen molar-refractivity contribution in [2.24, 2.45) is 11.8 Å². The third kappa shape index (κ3) is 4.06. The molecule has 6 heteroatoms. The molecule has 1 aliphatic carbocycles. The van der Waals surface area contributed by atoms with Crippen LogP contribution in [0.2, 0.25) is 0 Å². The molecule has 4 heterocycles. The Bertz CT molecular complexity index is 772. The second kappa shape index (κ2) is 8.56. The van der Waals surface area contributed by atoms with Crippen molar-refractivity contribution in [2.75, 3.05) is 24.5 Å². The first-order valence-electron chi connectivity index (χ1n) is 12.0. The topological polar surface area (TPSA) is 65.5 Å². The average molecular weight is 411 g/mol. The number of nitrogens with one attached hydrogen (secondary N) is 1. The van der Waals surface area contributed by atoms with E-state index in [1.807, 2.05) is 12.1 Å². The number of amides is 2. The third-order valence-electron chi connectivity index (χ3n) is 7.70. The average Bonchev–Trinajstić information content (AvgIpc) is 3.03. The summed E-state index contributed by atoms with van der Waals surface area (Å²) in [5.41, 5.74) is 0.657. The highest BCUT2D eigenvalue weighted by Gasteiger charge is 2.44. The summed E-state index contributed by atoms with van der Waals surface area (Å²) < 4.78 is 0. The van der Waals surface area contributed by atoms with Crippen LogP contribution in [-0.4, -0.2) is 53.4 Å². The number of hydrogen-bond acceptors (Lipinski definition) is 4. The largest absolute Gasteiger partial charge is 0.356 e. The van der Waals surface area contributed by atoms with Crippen LogP contribution in [0.25, 0.3) is 0 Å². The lowest BCUT2D eigenvalue weighted by atomic mass is 9.76. The first kappa shape index (κ1) is 19.8. The van der Waals surface area contributed by atoms with E-state index in [1.165, 1.54) is 32.1 Å². The van der Waals surface area contributed by atoms with Gasteiger partial charge in [-0.3, -0.25) is 9.59 Å². The van der Waals surface area contributed by atoms with Crippen molar-refractivity contribution >= 4 is 17.6 Å². The zero-order valence-electron chi connectivity index (χ0n) is 17.9. The van der Waals surface area contributed by atoms with Gasteiger partial charge in [0.15, 0.2) is 0 Å². The summed E-state index contributed by atoms with van der Waals surface area (Å²) in [7, 11) is 0. The highest BCUT2D eigenvalue weighted by molar-refractivity contribution is 5.94. The highest BCUT2D eigenvalue weighted by Crippen LogP contribution is 2.38. The molecule has 0 aromatic carbocycles. The molecule has 2 amide bonds. The maximum absolute atomic E-state index is 12.7. The molecule has 1 aromatic rings. The predicted octanol–water partition coefficient (Wildman–Crippen LogP) is 3.37. The van der Waals surface area contributed by atoms with Gasteiger partial charge in [-0.15, -0.1) is 0 Å². The van der Waals surface area contributed by atoms with E-state index in [9.17, 15) is 9.59 Å². The van der Waals surface area contributed by atoms with Crippen molar-refractivity contribution in [3.63, 3.8) is 0 Å². The molecule has 30 heavy (non-hydrogen) atoms. The van der Waals surface area contributed by atoms with Crippen LogP contribution < -0.4 is 10.2 Å². The van der Waals surface area contributed by atoms with E-state index in [0.717, 1.165) is 57.6 Å². The van der Waals surface area contributed by atoms with Gasteiger partial charge in [0.05, 0.1) is 5.56 Å². The molecule has 3 saturated heterocycles. The smallest absolute Gasteiger partial charge is 0.253 e. The van der Waals surface area contributed by atoms with Crippen LogP contribution in [0.5, 0.6) is 0 Å². The summed E-state index contributed by atoms with van der Waals surface area (Å²) in [4.78, 5) is 34.2. The number of aromatic nitrogens is 1. The van der Waals surface area contributed by atoms with Crippen LogP contribution in [0.3, 0.4) is 0 Å². The van der Waals surface area contributed by atoms with Crippen LogP contribution >= 0.6 is 0 Å². The zero-order valence-corrected chi connectivity index (χ0v) is 17.9. The van der Waals surface area contributed by atoms with Gasteiger partial charge in [-0.1, -0.05) is 25.7 Å². The molecule has 0 unspecified atom stereocenters. The van der Waals surface area contributed by atoms with Gasteiger partial charge in [0.25, 0.3) is 5.91 Å². The lowest BCUT2D eigenvalue weighted by Gasteiger charge is -2.52. The maximum Gasteiger partial charge on any atom is 0.253 e. The lowest BCUT2D eigenvalue weighted by molar-refractivity contribution is -0.142. The van der Waals surface area contributed by atoms with Gasteiger partial charge in [0.2, 0.25) is 5.91 Å². The van der Waals surface area contributed by atoms with Crippen LogP contribution in [0.4, 0.5) is 5.82 Å². The molecule has 1 aromatic heterocycles. The Morgan fingerprint density at radius 1 is 1.00 bits per heavy atom. The van der Waals surface area contributed by atoms with E-state index in [0.29, 0.717) is 35.4 Å². The molecular weight excluding hydrogens is 376 g/mol. The number of anilines is 1. The van der Waals surface area contributed by atoms with Crippen LogP contribution in [0, 0.1) is 11.8 Å². The molecule has 6 nitrogen and oxygen atoms in total. The van der Waals surface area contributed by atoms with Gasteiger partial charge in [-0.25, -0.2) is 4.98 Å². The fraction of sp³-hybridized carbons (Fsp3) is 0.708. The Labute approximate surface area is 179 Å². The number of pyridine rings is 1. The minimum absolute atomic E-state index is 0.00724. The summed E-state index contributed by atoms with van der Waals surface area (Å²) in [6, 6.07) is 4.65. The molecule has 0 radical (unpaired) electrons. The summed E-state index contributed by atoms with van der Waals surface area (Å²) in [5, 5.41) is 3.21. The van der Waals surface area contributed by atoms with Gasteiger partial charge in [0, 0.05) is 44.3 Å². The van der Waals surface area contributed by atoms with Gasteiger partial charge in [-0.05, 0) is 56.1 Å². The molecular formula is C24H34N4O2. The lowest BCUT2D eigenvalue weighted by Crippen LogP contribution is -2.60. The summed E-state index contributed by atoms with van der Waals surface area (Å²) in [6.07, 6.45) is 13.0. The molecule has 3 aliphatic heterocycles. The van der Waals surface area contributed by atoms with E-state index < -0.39 is 0 Å². The number of rotatable bonds is 3. The van der Waals surface area contributed by atoms with Crippen molar-refractivity contribution in [3.8, 4) is 0 Å². The summed E-state index contributed by atoms with van der Waals surface area (Å²) >= 11 is 0. The molecule has 2 bridgehead atoms. The molecule has 1 saturated carbocycles. The Hall–Kier alpha value is -2.11. The van der Waals surface area contributed by atoms with Crippen molar-refractivity contribution < 1.29 is 9.59 Å². The predicted molar refractivity (Wildman–Crippen MR) is 116 cm³/mol. The van der Waals surface area contributed by atoms with E-state index in [2.05, 4.69) is 20.1 Å². The van der Waals surface area contributed by atoms with E-state index in [1.54, 1.807) is 6.20 Å². The second-order valence-electron chi connectivity index (χ2n) is 9.84. The molecule has 3 atom stereocenters. The normalized spacial score (nSPS) is 29.9. The highest BCUT2D eigenvalue weighted by atomic mass is 16.2. The molecule has 4 aliphatic rings. The van der Waals surface area contributed by atoms with Gasteiger partial charge in [0.1, 0.15) is 5.82 Å². The molecule has 162 valence electrons. The SMILES string of the molecule is O=C(NC1CCCCCC1)c1ccc(N2C[C@H]3C[C@H](C2)[C@H]2CCCC(=O)N2C3)nc1. The Morgan fingerprint density at radius 3 is 2.60 bits per heavy atom. The van der Waals surface area contributed by atoms with E-state index in [4.69, 9.17) is 0 Å².